The molecule has 2 nitrogen and oxygen atoms in total. The van der Waals surface area contributed by atoms with E-state index in [2.05, 4.69) is 66.9 Å². The summed E-state index contributed by atoms with van der Waals surface area (Å²) in [5, 5.41) is 0. The highest BCUT2D eigenvalue weighted by molar-refractivity contribution is 5.71. The Balaban J connectivity index is 1.64. The first-order valence-electron chi connectivity index (χ1n) is 7.98. The molecule has 2 heterocycles. The van der Waals surface area contributed by atoms with Crippen LogP contribution in [0.15, 0.2) is 55.1 Å². The Morgan fingerprint density at radius 2 is 1.77 bits per heavy atom. The van der Waals surface area contributed by atoms with Gasteiger partial charge in [0.05, 0.1) is 6.10 Å². The first-order chi connectivity index (χ1) is 10.7. The lowest BCUT2D eigenvalue weighted by Crippen LogP contribution is -2.43. The average molecular weight is 291 g/mol. The molecule has 0 fully saturated rings. The first-order valence-corrected chi connectivity index (χ1v) is 7.98. The second kappa shape index (κ2) is 5.38. The molecule has 0 radical (unpaired) electrons. The van der Waals surface area contributed by atoms with Gasteiger partial charge in [-0.1, -0.05) is 55.1 Å². The van der Waals surface area contributed by atoms with Crippen molar-refractivity contribution in [2.24, 2.45) is 0 Å². The zero-order valence-electron chi connectivity index (χ0n) is 13.0. The summed E-state index contributed by atoms with van der Waals surface area (Å²) in [4.78, 5) is 2.41. The topological polar surface area (TPSA) is 12.5 Å². The molecule has 2 aromatic rings. The molecule has 0 saturated heterocycles. The fourth-order valence-corrected chi connectivity index (χ4v) is 3.65. The lowest BCUT2D eigenvalue weighted by atomic mass is 9.92. The summed E-state index contributed by atoms with van der Waals surface area (Å²) < 4.78 is 6.31. The van der Waals surface area contributed by atoms with Gasteiger partial charge < -0.3 is 4.74 Å². The summed E-state index contributed by atoms with van der Waals surface area (Å²) in [5.74, 6) is 0. The molecule has 22 heavy (non-hydrogen) atoms. The summed E-state index contributed by atoms with van der Waals surface area (Å²) in [5.41, 5.74) is 6.48. The highest BCUT2D eigenvalue weighted by Gasteiger charge is 2.33. The maximum Gasteiger partial charge on any atom is 0.137 e. The summed E-state index contributed by atoms with van der Waals surface area (Å²) in [6.45, 7) is 8.43. The van der Waals surface area contributed by atoms with Crippen molar-refractivity contribution in [1.82, 2.24) is 4.90 Å². The molecule has 0 spiro atoms. The summed E-state index contributed by atoms with van der Waals surface area (Å²) in [6.07, 6.45) is 1.18. The molecule has 2 aromatic carbocycles. The Hall–Kier alpha value is -1.90. The number of benzene rings is 2. The summed E-state index contributed by atoms with van der Waals surface area (Å²) in [7, 11) is 0. The normalized spacial score (nSPS) is 24.7. The molecular formula is C20H21NO. The van der Waals surface area contributed by atoms with Crippen LogP contribution in [0.3, 0.4) is 0 Å². The van der Waals surface area contributed by atoms with Gasteiger partial charge in [-0.15, -0.1) is 0 Å². The van der Waals surface area contributed by atoms with E-state index in [1.807, 2.05) is 0 Å². The van der Waals surface area contributed by atoms with Crippen LogP contribution in [0.25, 0.3) is 5.57 Å². The molecule has 4 rings (SSSR count). The highest BCUT2D eigenvalue weighted by atomic mass is 16.5. The Bertz CT molecular complexity index is 721. The Kier molecular flexibility index (Phi) is 3.36. The molecule has 2 atom stereocenters. The van der Waals surface area contributed by atoms with Crippen LogP contribution in [0.5, 0.6) is 0 Å². The van der Waals surface area contributed by atoms with Crippen LogP contribution in [-0.4, -0.2) is 17.7 Å². The number of hydrogen-bond donors (Lipinski definition) is 0. The van der Waals surface area contributed by atoms with Crippen LogP contribution in [0.2, 0.25) is 0 Å². The van der Waals surface area contributed by atoms with E-state index in [-0.39, 0.29) is 12.3 Å². The summed E-state index contributed by atoms with van der Waals surface area (Å²) in [6, 6.07) is 17.2. The van der Waals surface area contributed by atoms with Crippen molar-refractivity contribution in [3.05, 3.63) is 77.4 Å². The molecule has 2 aliphatic heterocycles. The van der Waals surface area contributed by atoms with Gasteiger partial charge in [0.15, 0.2) is 0 Å². The fraction of sp³-hybridized carbons (Fsp3) is 0.300. The van der Waals surface area contributed by atoms with Gasteiger partial charge in [-0.25, -0.2) is 0 Å². The molecule has 0 saturated carbocycles. The molecular weight excluding hydrogens is 270 g/mol. The number of nitrogens with zero attached hydrogens (tertiary/aromatic N) is 1. The van der Waals surface area contributed by atoms with Crippen molar-refractivity contribution in [2.45, 2.75) is 32.2 Å². The SMILES string of the molecule is C=C1c2ccccc2C(C)OC1N1CCc2ccccc2C1. The van der Waals surface area contributed by atoms with Gasteiger partial charge in [-0.05, 0) is 41.2 Å². The summed E-state index contributed by atoms with van der Waals surface area (Å²) >= 11 is 0. The van der Waals surface area contributed by atoms with Gasteiger partial charge in [0.2, 0.25) is 0 Å². The molecule has 2 unspecified atom stereocenters. The predicted molar refractivity (Wildman–Crippen MR) is 89.3 cm³/mol. The van der Waals surface area contributed by atoms with Gasteiger partial charge in [-0.2, -0.15) is 0 Å². The van der Waals surface area contributed by atoms with E-state index in [0.29, 0.717) is 0 Å². The fourth-order valence-electron chi connectivity index (χ4n) is 3.65. The molecule has 0 aromatic heterocycles. The standard InChI is InChI=1S/C20H21NO/c1-14-18-9-5-6-10-19(18)15(2)22-20(14)21-12-11-16-7-3-4-8-17(16)13-21/h3-10,15,20H,1,11-13H2,2H3. The van der Waals surface area contributed by atoms with E-state index in [4.69, 9.17) is 4.74 Å². The maximum atomic E-state index is 6.31. The second-order valence-electron chi connectivity index (χ2n) is 6.23. The van der Waals surface area contributed by atoms with Crippen LogP contribution in [0, 0.1) is 0 Å². The van der Waals surface area contributed by atoms with E-state index in [1.165, 1.54) is 22.3 Å². The minimum atomic E-state index is -0.0155. The average Bonchev–Trinajstić information content (AvgIpc) is 2.58. The van der Waals surface area contributed by atoms with E-state index in [1.54, 1.807) is 0 Å². The minimum Gasteiger partial charge on any atom is -0.351 e. The highest BCUT2D eigenvalue weighted by Crippen LogP contribution is 2.38. The third-order valence-electron chi connectivity index (χ3n) is 4.87. The van der Waals surface area contributed by atoms with Crippen molar-refractivity contribution >= 4 is 5.57 Å². The van der Waals surface area contributed by atoms with E-state index in [9.17, 15) is 0 Å². The third kappa shape index (κ3) is 2.20. The zero-order chi connectivity index (χ0) is 15.1. The van der Waals surface area contributed by atoms with Gasteiger partial charge in [0.25, 0.3) is 0 Å². The molecule has 0 N–H and O–H groups in total. The van der Waals surface area contributed by atoms with Gasteiger partial charge in [0.1, 0.15) is 6.23 Å². The molecule has 0 aliphatic carbocycles. The molecule has 2 aliphatic rings. The molecule has 0 amide bonds. The predicted octanol–water partition coefficient (Wildman–Crippen LogP) is 4.18. The van der Waals surface area contributed by atoms with E-state index >= 15 is 0 Å². The first kappa shape index (κ1) is 13.7. The molecule has 2 heteroatoms. The van der Waals surface area contributed by atoms with Crippen molar-refractivity contribution < 1.29 is 4.74 Å². The maximum absolute atomic E-state index is 6.31. The van der Waals surface area contributed by atoms with Crippen LogP contribution >= 0.6 is 0 Å². The lowest BCUT2D eigenvalue weighted by molar-refractivity contribution is -0.0719. The Morgan fingerprint density at radius 1 is 1.05 bits per heavy atom. The van der Waals surface area contributed by atoms with Crippen molar-refractivity contribution in [3.63, 3.8) is 0 Å². The van der Waals surface area contributed by atoms with E-state index in [0.717, 1.165) is 25.1 Å². The second-order valence-corrected chi connectivity index (χ2v) is 6.23. The quantitative estimate of drug-likeness (QED) is 0.781. The third-order valence-corrected chi connectivity index (χ3v) is 4.87. The zero-order valence-corrected chi connectivity index (χ0v) is 13.0. The Morgan fingerprint density at radius 3 is 2.64 bits per heavy atom. The number of rotatable bonds is 1. The Labute approximate surface area is 132 Å². The number of hydrogen-bond acceptors (Lipinski definition) is 2. The van der Waals surface area contributed by atoms with E-state index < -0.39 is 0 Å². The minimum absolute atomic E-state index is 0.0155. The van der Waals surface area contributed by atoms with Gasteiger partial charge >= 0.3 is 0 Å². The van der Waals surface area contributed by atoms with Crippen LogP contribution < -0.4 is 0 Å². The lowest BCUT2D eigenvalue weighted by Gasteiger charge is -2.41. The largest absolute Gasteiger partial charge is 0.351 e. The van der Waals surface area contributed by atoms with Gasteiger partial charge in [0, 0.05) is 13.1 Å². The molecule has 0 bridgehead atoms. The van der Waals surface area contributed by atoms with Gasteiger partial charge in [-0.3, -0.25) is 4.90 Å². The monoisotopic (exact) mass is 291 g/mol. The number of fused-ring (bicyclic) bond motifs is 2. The molecule has 112 valence electrons. The van der Waals surface area contributed by atoms with Crippen molar-refractivity contribution in [1.29, 1.82) is 0 Å². The van der Waals surface area contributed by atoms with Crippen LogP contribution in [0.1, 0.15) is 35.3 Å². The van der Waals surface area contributed by atoms with Crippen molar-refractivity contribution in [3.8, 4) is 0 Å². The van der Waals surface area contributed by atoms with Crippen LogP contribution in [-0.2, 0) is 17.7 Å². The number of ether oxygens (including phenoxy) is 1. The van der Waals surface area contributed by atoms with Crippen molar-refractivity contribution in [2.75, 3.05) is 6.54 Å². The smallest absolute Gasteiger partial charge is 0.137 e. The van der Waals surface area contributed by atoms with Crippen LogP contribution in [0.4, 0.5) is 0 Å².